The molecule has 264 valence electrons. The van der Waals surface area contributed by atoms with Crippen molar-refractivity contribution in [3.05, 3.63) is 71.9 Å². The first-order valence-corrected chi connectivity index (χ1v) is 20.0. The average molecular weight is 712 g/mol. The molecule has 13 nitrogen and oxygen atoms in total. The number of hydrogen-bond acceptors (Lipinski definition) is 7. The number of carbonyl (C=O) groups is 3. The average Bonchev–Trinajstić information content (AvgIpc) is 3.67. The number of unbranched alkanes of at least 4 members (excludes halogenated alkanes) is 1. The summed E-state index contributed by atoms with van der Waals surface area (Å²) in [5.41, 5.74) is 6.43. The second kappa shape index (κ2) is 17.8. The quantitative estimate of drug-likeness (QED) is 0.0583. The molecular formula is C33H47LiN5O8PS. The van der Waals surface area contributed by atoms with Gasteiger partial charge in [0.15, 0.2) is 0 Å². The predicted octanol–water partition coefficient (Wildman–Crippen LogP) is 2.19. The molecule has 1 aliphatic carbocycles. The number of amides is 2. The van der Waals surface area contributed by atoms with Crippen LogP contribution in [0, 0.1) is 5.41 Å². The zero-order chi connectivity index (χ0) is 35.0. The Balaban J connectivity index is 0.00000650. The van der Waals surface area contributed by atoms with Crippen LogP contribution in [0.5, 0.6) is 0 Å². The van der Waals surface area contributed by atoms with Crippen molar-refractivity contribution in [3.63, 3.8) is 0 Å². The molecule has 1 saturated carbocycles. The summed E-state index contributed by atoms with van der Waals surface area (Å²) in [6, 6.07) is 13.7. The number of benzene rings is 2. The minimum absolute atomic E-state index is 0. The zero-order valence-corrected chi connectivity index (χ0v) is 28.8. The number of aromatic nitrogens is 1. The van der Waals surface area contributed by atoms with Gasteiger partial charge in [0, 0.05) is 36.1 Å². The molecule has 0 aliphatic heterocycles. The first kappa shape index (κ1) is 40.5. The number of nitrogens with one attached hydrogen (secondary N) is 4. The van der Waals surface area contributed by atoms with Gasteiger partial charge in [-0.05, 0) is 49.4 Å². The fourth-order valence-electron chi connectivity index (χ4n) is 6.48. The minimum atomic E-state index is -4.41. The van der Waals surface area contributed by atoms with E-state index in [9.17, 15) is 37.4 Å². The van der Waals surface area contributed by atoms with Crippen molar-refractivity contribution < 1.29 is 37.4 Å². The van der Waals surface area contributed by atoms with Crippen molar-refractivity contribution >= 4 is 64.9 Å². The zero-order valence-electron chi connectivity index (χ0n) is 27.1. The maximum atomic E-state index is 14.4. The standard InChI is InChI=1S/C33H46N5O8PS.Li.H/c1-48(45,46)38-27(15-7-10-18-34)30(39)37-29(19-23-11-3-2-4-12-23)47(43,44)22-33(16-8-9-17-33)32(42)36-28(31(40)41)20-24-21-35-26-14-6-5-13-25(24)26;;/h2-6,11-14,21,27-29,35,38H,7-10,15-20,22,34H2,1H3,(H,36,42)(H,37,39)(H,40,41)(H,43,44);;/t27-,28-,29+;;/m0../s1. The van der Waals surface area contributed by atoms with Gasteiger partial charge in [0.25, 0.3) is 0 Å². The van der Waals surface area contributed by atoms with Crippen LogP contribution in [0.15, 0.2) is 60.8 Å². The topological polar surface area (TPSA) is 221 Å². The number of fused-ring (bicyclic) bond motifs is 1. The number of rotatable bonds is 18. The number of carboxylic acid groups (broad SMARTS) is 1. The summed E-state index contributed by atoms with van der Waals surface area (Å²) >= 11 is 0. The number of aromatic amines is 1. The van der Waals surface area contributed by atoms with Crippen molar-refractivity contribution in [3.8, 4) is 0 Å². The fourth-order valence-corrected chi connectivity index (χ4v) is 9.59. The second-order valence-electron chi connectivity index (χ2n) is 12.8. The van der Waals surface area contributed by atoms with Crippen molar-refractivity contribution in [1.29, 1.82) is 0 Å². The van der Waals surface area contributed by atoms with Gasteiger partial charge < -0.3 is 31.4 Å². The first-order valence-electron chi connectivity index (χ1n) is 16.1. The van der Waals surface area contributed by atoms with E-state index >= 15 is 0 Å². The molecule has 1 fully saturated rings. The third-order valence-electron chi connectivity index (χ3n) is 8.96. The van der Waals surface area contributed by atoms with E-state index < -0.39 is 64.6 Å². The normalized spacial score (nSPS) is 17.3. The molecule has 1 aliphatic rings. The predicted molar refractivity (Wildman–Crippen MR) is 191 cm³/mol. The summed E-state index contributed by atoms with van der Waals surface area (Å²) < 4.78 is 40.9. The first-order chi connectivity index (χ1) is 22.7. The van der Waals surface area contributed by atoms with E-state index in [0.29, 0.717) is 43.4 Å². The molecule has 1 aromatic heterocycles. The molecular weight excluding hydrogens is 664 g/mol. The summed E-state index contributed by atoms with van der Waals surface area (Å²) in [6.07, 6.45) is 4.98. The van der Waals surface area contributed by atoms with E-state index in [1.807, 2.05) is 24.3 Å². The van der Waals surface area contributed by atoms with E-state index in [1.165, 1.54) is 0 Å². The molecule has 0 bridgehead atoms. The molecule has 1 heterocycles. The van der Waals surface area contributed by atoms with E-state index in [4.69, 9.17) is 5.73 Å². The Labute approximate surface area is 299 Å². The maximum absolute atomic E-state index is 14.4. The van der Waals surface area contributed by atoms with Gasteiger partial charge >= 0.3 is 24.8 Å². The second-order valence-corrected chi connectivity index (χ2v) is 17.0. The number of para-hydroxylation sites is 1. The van der Waals surface area contributed by atoms with Crippen molar-refractivity contribution in [2.75, 3.05) is 19.0 Å². The van der Waals surface area contributed by atoms with Crippen LogP contribution in [0.1, 0.15) is 56.1 Å². The molecule has 2 aromatic carbocycles. The van der Waals surface area contributed by atoms with Gasteiger partial charge in [-0.2, -0.15) is 0 Å². The van der Waals surface area contributed by atoms with E-state index in [2.05, 4.69) is 20.3 Å². The summed E-state index contributed by atoms with van der Waals surface area (Å²) in [7, 11) is -8.21. The molecule has 0 saturated heterocycles. The molecule has 49 heavy (non-hydrogen) atoms. The van der Waals surface area contributed by atoms with Crippen LogP contribution in [-0.4, -0.2) is 96.9 Å². The fraction of sp³-hybridized carbons (Fsp3) is 0.485. The summed E-state index contributed by atoms with van der Waals surface area (Å²) in [6.45, 7) is 0.352. The third kappa shape index (κ3) is 11.3. The van der Waals surface area contributed by atoms with Crippen LogP contribution in [-0.2, 0) is 41.8 Å². The van der Waals surface area contributed by atoms with Gasteiger partial charge in [0.1, 0.15) is 17.9 Å². The Morgan fingerprint density at radius 1 is 0.980 bits per heavy atom. The Morgan fingerprint density at radius 3 is 2.27 bits per heavy atom. The number of nitrogens with two attached hydrogens (primary N) is 1. The molecule has 4 rings (SSSR count). The Hall–Kier alpha value is -2.95. The monoisotopic (exact) mass is 711 g/mol. The van der Waals surface area contributed by atoms with Crippen LogP contribution >= 0.6 is 7.37 Å². The molecule has 0 spiro atoms. The van der Waals surface area contributed by atoms with Crippen LogP contribution in [0.2, 0.25) is 0 Å². The molecule has 1 unspecified atom stereocenters. The number of H-pyrrole nitrogens is 1. The summed E-state index contributed by atoms with van der Waals surface area (Å²) in [5.74, 6) is -3.97. The number of aliphatic carboxylic acids is 1. The Bertz CT molecular complexity index is 1730. The molecule has 0 radical (unpaired) electrons. The number of carboxylic acids is 1. The molecule has 16 heteroatoms. The molecule has 2 amide bonds. The van der Waals surface area contributed by atoms with E-state index in [1.54, 1.807) is 36.5 Å². The Morgan fingerprint density at radius 2 is 1.63 bits per heavy atom. The number of carbonyl (C=O) groups excluding carboxylic acids is 2. The van der Waals surface area contributed by atoms with Crippen molar-refractivity contribution in [1.82, 2.24) is 20.3 Å². The molecule has 3 aromatic rings. The molecule has 4 atom stereocenters. The summed E-state index contributed by atoms with van der Waals surface area (Å²) in [5, 5.41) is 16.2. The van der Waals surface area contributed by atoms with Gasteiger partial charge in [-0.3, -0.25) is 14.2 Å². The third-order valence-corrected chi connectivity index (χ3v) is 12.0. The Kier molecular flexibility index (Phi) is 14.7. The van der Waals surface area contributed by atoms with Crippen LogP contribution in [0.3, 0.4) is 0 Å². The van der Waals surface area contributed by atoms with E-state index in [-0.39, 0.29) is 51.0 Å². The van der Waals surface area contributed by atoms with Crippen LogP contribution in [0.25, 0.3) is 10.9 Å². The number of hydrogen-bond donors (Lipinski definition) is 7. The van der Waals surface area contributed by atoms with Crippen molar-refractivity contribution in [2.24, 2.45) is 11.1 Å². The van der Waals surface area contributed by atoms with Gasteiger partial charge in [-0.1, -0.05) is 67.8 Å². The summed E-state index contributed by atoms with van der Waals surface area (Å²) in [4.78, 5) is 54.7. The number of sulfonamides is 1. The van der Waals surface area contributed by atoms with Gasteiger partial charge in [-0.15, -0.1) is 0 Å². The van der Waals surface area contributed by atoms with Gasteiger partial charge in [-0.25, -0.2) is 17.9 Å². The molecule has 8 N–H and O–H groups in total. The van der Waals surface area contributed by atoms with Crippen LogP contribution in [0.4, 0.5) is 0 Å². The SMILES string of the molecule is CS(=O)(=O)N[C@@H](CCCCN)C(=O)N[C@@H](Cc1ccccc1)P(=O)(O)CC1(C(=O)N[C@@H](Cc2c[nH]c3ccccc23)C(=O)O)CCCC1.[LiH]. The van der Waals surface area contributed by atoms with Crippen LogP contribution < -0.4 is 21.1 Å². The van der Waals surface area contributed by atoms with Gasteiger partial charge in [0.2, 0.25) is 29.2 Å². The van der Waals surface area contributed by atoms with Crippen molar-refractivity contribution in [2.45, 2.75) is 75.7 Å². The van der Waals surface area contributed by atoms with Gasteiger partial charge in [0.05, 0.1) is 11.7 Å². The van der Waals surface area contributed by atoms with E-state index in [0.717, 1.165) is 17.2 Å².